The number of carbonyl (C=O) groups is 1. The number of hydrogen-bond acceptors (Lipinski definition) is 6. The summed E-state index contributed by atoms with van der Waals surface area (Å²) in [7, 11) is 0. The third-order valence-corrected chi connectivity index (χ3v) is 7.23. The molecule has 178 valence electrons. The molecule has 1 aromatic carbocycles. The number of anilines is 1. The number of ether oxygens (including phenoxy) is 1. The van der Waals surface area contributed by atoms with Crippen LogP contribution >= 0.6 is 0 Å². The molecule has 0 saturated carbocycles. The van der Waals surface area contributed by atoms with E-state index in [2.05, 4.69) is 45.2 Å². The summed E-state index contributed by atoms with van der Waals surface area (Å²) in [6.07, 6.45) is 8.90. The molecule has 5 rings (SSSR count). The van der Waals surface area contributed by atoms with E-state index < -0.39 is 5.97 Å². The van der Waals surface area contributed by atoms with Gasteiger partial charge in [0.2, 0.25) is 0 Å². The number of carboxylic acid groups (broad SMARTS) is 1. The summed E-state index contributed by atoms with van der Waals surface area (Å²) < 4.78 is 7.79. The van der Waals surface area contributed by atoms with Gasteiger partial charge in [-0.1, -0.05) is 18.2 Å². The van der Waals surface area contributed by atoms with Crippen LogP contribution in [0.1, 0.15) is 37.3 Å². The Kier molecular flexibility index (Phi) is 6.94. The van der Waals surface area contributed by atoms with Gasteiger partial charge in [-0.2, -0.15) is 5.10 Å². The zero-order valence-corrected chi connectivity index (χ0v) is 19.3. The zero-order chi connectivity index (χ0) is 22.6. The first-order valence-electron chi connectivity index (χ1n) is 12.4. The molecule has 3 aliphatic rings. The Morgan fingerprint density at radius 1 is 1.12 bits per heavy atom. The number of benzene rings is 1. The number of aliphatic carboxylic acids is 1. The minimum absolute atomic E-state index is 0.123. The van der Waals surface area contributed by atoms with Gasteiger partial charge in [0.15, 0.2) is 5.82 Å². The van der Waals surface area contributed by atoms with Gasteiger partial charge >= 0.3 is 5.97 Å². The molecule has 0 bridgehead atoms. The van der Waals surface area contributed by atoms with Crippen LogP contribution in [-0.4, -0.2) is 84.8 Å². The van der Waals surface area contributed by atoms with Crippen molar-refractivity contribution in [1.82, 2.24) is 20.0 Å². The van der Waals surface area contributed by atoms with E-state index in [1.54, 1.807) is 0 Å². The number of nitrogens with zero attached hydrogens (tertiary/aromatic N) is 4. The summed E-state index contributed by atoms with van der Waals surface area (Å²) in [4.78, 5) is 15.4. The van der Waals surface area contributed by atoms with Gasteiger partial charge in [-0.25, -0.2) is 0 Å². The summed E-state index contributed by atoms with van der Waals surface area (Å²) in [5.41, 5.74) is 2.40. The van der Waals surface area contributed by atoms with Crippen molar-refractivity contribution >= 4 is 28.8 Å². The lowest BCUT2D eigenvalue weighted by atomic mass is 9.97. The predicted octanol–water partition coefficient (Wildman–Crippen LogP) is 2.61. The Morgan fingerprint density at radius 2 is 1.88 bits per heavy atom. The van der Waals surface area contributed by atoms with Crippen molar-refractivity contribution in [2.75, 3.05) is 63.9 Å². The number of carboxylic acids is 1. The van der Waals surface area contributed by atoms with Gasteiger partial charge in [0.1, 0.15) is 0 Å². The summed E-state index contributed by atoms with van der Waals surface area (Å²) in [5, 5.41) is 18.9. The van der Waals surface area contributed by atoms with Crippen LogP contribution in [0.4, 0.5) is 5.82 Å². The first-order chi connectivity index (χ1) is 16.2. The topological polar surface area (TPSA) is 82.9 Å². The quantitative estimate of drug-likeness (QED) is 0.696. The van der Waals surface area contributed by atoms with Crippen molar-refractivity contribution < 1.29 is 14.6 Å². The average Bonchev–Trinajstić information content (AvgIpc) is 3.23. The fourth-order valence-corrected chi connectivity index (χ4v) is 5.33. The van der Waals surface area contributed by atoms with Gasteiger partial charge in [0.25, 0.3) is 0 Å². The molecule has 3 aliphatic heterocycles. The Hall–Kier alpha value is -2.42. The molecule has 33 heavy (non-hydrogen) atoms. The number of rotatable bonds is 6. The minimum Gasteiger partial charge on any atom is -0.480 e. The maximum Gasteiger partial charge on any atom is 0.317 e. The molecule has 0 unspecified atom stereocenters. The molecule has 2 N–H and O–H groups in total. The molecule has 0 atom stereocenters. The van der Waals surface area contributed by atoms with Gasteiger partial charge in [-0.3, -0.25) is 14.4 Å². The lowest BCUT2D eigenvalue weighted by molar-refractivity contribution is -0.138. The molecule has 0 aliphatic carbocycles. The summed E-state index contributed by atoms with van der Waals surface area (Å²) in [5.74, 6) is 0.954. The van der Waals surface area contributed by atoms with Crippen LogP contribution < -0.4 is 10.2 Å². The van der Waals surface area contributed by atoms with Gasteiger partial charge in [0, 0.05) is 31.6 Å². The SMILES string of the molecule is O=C(O)CN1CCC(n2nc(N3CCOCC3)c3cc(/C=C/C4CCNCC4)ccc32)CC1. The first-order valence-corrected chi connectivity index (χ1v) is 12.4. The molecule has 0 amide bonds. The predicted molar refractivity (Wildman–Crippen MR) is 130 cm³/mol. The monoisotopic (exact) mass is 453 g/mol. The van der Waals surface area contributed by atoms with Crippen molar-refractivity contribution in [1.29, 1.82) is 0 Å². The number of hydrogen-bond donors (Lipinski definition) is 2. The van der Waals surface area contributed by atoms with E-state index in [-0.39, 0.29) is 6.54 Å². The van der Waals surface area contributed by atoms with Crippen molar-refractivity contribution in [2.45, 2.75) is 31.7 Å². The van der Waals surface area contributed by atoms with E-state index in [0.717, 1.165) is 71.1 Å². The van der Waals surface area contributed by atoms with E-state index >= 15 is 0 Å². The number of nitrogens with one attached hydrogen (secondary N) is 1. The Morgan fingerprint density at radius 3 is 2.61 bits per heavy atom. The number of aromatic nitrogens is 2. The van der Waals surface area contributed by atoms with Gasteiger partial charge in [-0.05, 0) is 62.4 Å². The summed E-state index contributed by atoms with van der Waals surface area (Å²) >= 11 is 0. The van der Waals surface area contributed by atoms with E-state index in [4.69, 9.17) is 14.9 Å². The molecule has 1 aromatic heterocycles. The van der Waals surface area contributed by atoms with E-state index in [0.29, 0.717) is 12.0 Å². The minimum atomic E-state index is -0.752. The van der Waals surface area contributed by atoms with Crippen molar-refractivity contribution in [3.8, 4) is 0 Å². The number of piperidine rings is 2. The molecule has 3 saturated heterocycles. The Labute approximate surface area is 195 Å². The van der Waals surface area contributed by atoms with E-state index in [9.17, 15) is 4.79 Å². The second-order valence-electron chi connectivity index (χ2n) is 9.49. The summed E-state index contributed by atoms with van der Waals surface area (Å²) in [6.45, 7) is 7.11. The van der Waals surface area contributed by atoms with Crippen LogP contribution in [0.2, 0.25) is 0 Å². The fourth-order valence-electron chi connectivity index (χ4n) is 5.33. The van der Waals surface area contributed by atoms with E-state index in [1.165, 1.54) is 29.3 Å². The molecule has 0 spiro atoms. The highest BCUT2D eigenvalue weighted by atomic mass is 16.5. The highest BCUT2D eigenvalue weighted by molar-refractivity contribution is 5.92. The molecular formula is C25H35N5O3. The van der Waals surface area contributed by atoms with Crippen LogP contribution in [0.5, 0.6) is 0 Å². The highest BCUT2D eigenvalue weighted by Crippen LogP contribution is 2.33. The number of morpholine rings is 1. The molecule has 8 heteroatoms. The van der Waals surface area contributed by atoms with Crippen LogP contribution in [-0.2, 0) is 9.53 Å². The third-order valence-electron chi connectivity index (χ3n) is 7.23. The Bertz CT molecular complexity index is 983. The average molecular weight is 454 g/mol. The second kappa shape index (κ2) is 10.2. The van der Waals surface area contributed by atoms with Crippen LogP contribution in [0, 0.1) is 5.92 Å². The van der Waals surface area contributed by atoms with Crippen LogP contribution in [0.3, 0.4) is 0 Å². The van der Waals surface area contributed by atoms with Crippen molar-refractivity contribution in [3.63, 3.8) is 0 Å². The maximum absolute atomic E-state index is 11.1. The molecule has 8 nitrogen and oxygen atoms in total. The highest BCUT2D eigenvalue weighted by Gasteiger charge is 2.26. The van der Waals surface area contributed by atoms with E-state index in [1.807, 2.05) is 4.90 Å². The molecule has 2 aromatic rings. The van der Waals surface area contributed by atoms with Crippen LogP contribution in [0.25, 0.3) is 17.0 Å². The number of allylic oxidation sites excluding steroid dienone is 1. The van der Waals surface area contributed by atoms with Crippen molar-refractivity contribution in [2.24, 2.45) is 5.92 Å². The number of fused-ring (bicyclic) bond motifs is 1. The lowest BCUT2D eigenvalue weighted by Crippen LogP contribution is -2.38. The Balaban J connectivity index is 1.42. The largest absolute Gasteiger partial charge is 0.480 e. The fraction of sp³-hybridized carbons (Fsp3) is 0.600. The first kappa shape index (κ1) is 22.4. The lowest BCUT2D eigenvalue weighted by Gasteiger charge is -2.31. The second-order valence-corrected chi connectivity index (χ2v) is 9.49. The van der Waals surface area contributed by atoms with Crippen LogP contribution in [0.15, 0.2) is 24.3 Å². The third kappa shape index (κ3) is 5.23. The molecule has 3 fully saturated rings. The normalized spacial score (nSPS) is 21.9. The van der Waals surface area contributed by atoms with Gasteiger partial charge < -0.3 is 20.1 Å². The zero-order valence-electron chi connectivity index (χ0n) is 19.3. The maximum atomic E-state index is 11.1. The number of likely N-dealkylation sites (tertiary alicyclic amines) is 1. The summed E-state index contributed by atoms with van der Waals surface area (Å²) in [6, 6.07) is 7.02. The van der Waals surface area contributed by atoms with Crippen molar-refractivity contribution in [3.05, 3.63) is 29.8 Å². The molecular weight excluding hydrogens is 418 g/mol. The standard InChI is InChI=1S/C25H35N5O3/c31-24(32)18-28-11-7-21(8-12-28)30-23-4-3-20(2-1-19-5-9-26-10-6-19)17-22(23)25(27-30)29-13-15-33-16-14-29/h1-4,17,19,21,26H,5-16,18H2,(H,31,32)/b2-1+. The molecule has 0 radical (unpaired) electrons. The molecule has 4 heterocycles. The van der Waals surface area contributed by atoms with Gasteiger partial charge in [-0.15, -0.1) is 0 Å². The smallest absolute Gasteiger partial charge is 0.317 e. The van der Waals surface area contributed by atoms with Gasteiger partial charge in [0.05, 0.1) is 31.3 Å².